The van der Waals surface area contributed by atoms with Gasteiger partial charge in [0.2, 0.25) is 0 Å². The summed E-state index contributed by atoms with van der Waals surface area (Å²) in [6, 6.07) is 20.2. The Morgan fingerprint density at radius 2 is 1.24 bits per heavy atom. The van der Waals surface area contributed by atoms with Crippen molar-refractivity contribution in [3.05, 3.63) is 84.4 Å². The highest BCUT2D eigenvalue weighted by Gasteiger charge is 2.35. The summed E-state index contributed by atoms with van der Waals surface area (Å²) in [5.41, 5.74) is 4.38. The van der Waals surface area contributed by atoms with E-state index in [1.165, 1.54) is 0 Å². The number of allylic oxidation sites excluding steroid dienone is 3. The van der Waals surface area contributed by atoms with E-state index in [1.807, 2.05) is 36.4 Å². The van der Waals surface area contributed by atoms with Gasteiger partial charge in [0.05, 0.1) is 0 Å². The second-order valence-corrected chi connectivity index (χ2v) is 4.10. The second-order valence-electron chi connectivity index (χ2n) is 4.10. The molecule has 0 bridgehead atoms. The molecule has 17 heavy (non-hydrogen) atoms. The van der Waals surface area contributed by atoms with Crippen LogP contribution < -0.4 is 0 Å². The average molecular weight is 219 g/mol. The zero-order valence-electron chi connectivity index (χ0n) is 10.6. The van der Waals surface area contributed by atoms with Crippen LogP contribution >= 0.6 is 0 Å². The minimum atomic E-state index is -0.720. The molecule has 0 fully saturated rings. The van der Waals surface area contributed by atoms with E-state index in [0.717, 1.165) is 22.3 Å². The quantitative estimate of drug-likeness (QED) is 0.671. The molecule has 0 N–H and O–H groups in total. The van der Waals surface area contributed by atoms with Crippen molar-refractivity contribution in [2.45, 2.75) is 0 Å². The Kier molecular flexibility index (Phi) is 2.15. The molecule has 3 rings (SSSR count). The van der Waals surface area contributed by atoms with Crippen molar-refractivity contribution in [2.75, 3.05) is 0 Å². The van der Waals surface area contributed by atoms with Gasteiger partial charge in [-0.1, -0.05) is 66.7 Å². The fourth-order valence-corrected chi connectivity index (χ4v) is 2.22. The van der Waals surface area contributed by atoms with Gasteiger partial charge >= 0.3 is 0 Å². The lowest BCUT2D eigenvalue weighted by Gasteiger charge is -1.93. The summed E-state index contributed by atoms with van der Waals surface area (Å²) in [6.07, 6.45) is 1.72. The molecule has 0 radical (unpaired) electrons. The highest BCUT2D eigenvalue weighted by atomic mass is 14.4. The van der Waals surface area contributed by atoms with Crippen LogP contribution in [0.15, 0.2) is 73.3 Å². The van der Waals surface area contributed by atoms with E-state index in [9.17, 15) is 0 Å². The SMILES string of the molecule is [2H]C1(C=C)C(c2ccccc2)=C1c1ccccc1. The molecule has 1 aliphatic rings. The minimum absolute atomic E-state index is 0.720. The lowest BCUT2D eigenvalue weighted by Crippen LogP contribution is -1.77. The average Bonchev–Trinajstić information content (AvgIpc) is 3.08. The van der Waals surface area contributed by atoms with Crippen molar-refractivity contribution in [3.8, 4) is 0 Å². The first kappa shape index (κ1) is 9.00. The molecular formula is C17H14. The highest BCUT2D eigenvalue weighted by Crippen LogP contribution is 2.53. The van der Waals surface area contributed by atoms with Crippen LogP contribution in [0, 0.1) is 5.89 Å². The van der Waals surface area contributed by atoms with Crippen molar-refractivity contribution in [1.29, 1.82) is 0 Å². The largest absolute Gasteiger partial charge is 0.102 e. The molecule has 0 atom stereocenters. The van der Waals surface area contributed by atoms with E-state index >= 15 is 0 Å². The Morgan fingerprint density at radius 1 is 0.824 bits per heavy atom. The second kappa shape index (κ2) is 4.06. The first-order valence-electron chi connectivity index (χ1n) is 6.27. The third kappa shape index (κ3) is 1.72. The fourth-order valence-electron chi connectivity index (χ4n) is 2.22. The number of benzene rings is 2. The molecule has 82 valence electrons. The van der Waals surface area contributed by atoms with Gasteiger partial charge in [0.25, 0.3) is 0 Å². The summed E-state index contributed by atoms with van der Waals surface area (Å²) < 4.78 is 8.49. The molecule has 0 aromatic heterocycles. The van der Waals surface area contributed by atoms with Crippen molar-refractivity contribution >= 4 is 11.1 Å². The van der Waals surface area contributed by atoms with Crippen molar-refractivity contribution in [3.63, 3.8) is 0 Å². The van der Waals surface area contributed by atoms with Gasteiger partial charge in [0, 0.05) is 7.26 Å². The Morgan fingerprint density at radius 3 is 1.59 bits per heavy atom. The minimum Gasteiger partial charge on any atom is -0.102 e. The molecule has 0 heterocycles. The van der Waals surface area contributed by atoms with E-state index in [1.54, 1.807) is 6.08 Å². The molecular weight excluding hydrogens is 204 g/mol. The maximum absolute atomic E-state index is 8.49. The molecule has 0 saturated heterocycles. The molecule has 0 amide bonds. The Hall–Kier alpha value is -2.08. The normalized spacial score (nSPS) is 17.5. The van der Waals surface area contributed by atoms with E-state index in [2.05, 4.69) is 30.8 Å². The Labute approximate surface area is 103 Å². The van der Waals surface area contributed by atoms with Crippen LogP contribution in [-0.2, 0) is 0 Å². The van der Waals surface area contributed by atoms with Gasteiger partial charge in [0.1, 0.15) is 0 Å². The number of rotatable bonds is 3. The van der Waals surface area contributed by atoms with Crippen molar-refractivity contribution < 1.29 is 1.37 Å². The number of hydrogen-bond donors (Lipinski definition) is 0. The summed E-state index contributed by atoms with van der Waals surface area (Å²) in [5.74, 6) is -0.720. The molecule has 0 spiro atoms. The lowest BCUT2D eigenvalue weighted by molar-refractivity contribution is 1.28. The molecule has 2 aromatic rings. The standard InChI is InChI=1S/C17H14/c1-2-15-16(13-9-5-3-6-10-13)17(15)14-11-7-4-8-12-14/h2-12,15H,1H2/i15D. The van der Waals surface area contributed by atoms with Gasteiger partial charge in [-0.2, -0.15) is 0 Å². The van der Waals surface area contributed by atoms with Crippen LogP contribution in [0.1, 0.15) is 12.5 Å². The van der Waals surface area contributed by atoms with Crippen molar-refractivity contribution in [2.24, 2.45) is 5.89 Å². The number of hydrogen-bond acceptors (Lipinski definition) is 0. The third-order valence-electron chi connectivity index (χ3n) is 3.06. The summed E-state index contributed by atoms with van der Waals surface area (Å²) in [5, 5.41) is 0. The smallest absolute Gasteiger partial charge is 0.0447 e. The summed E-state index contributed by atoms with van der Waals surface area (Å²) in [6.45, 7) is 3.82. The first-order chi connectivity index (χ1) is 8.77. The zero-order valence-corrected chi connectivity index (χ0v) is 9.56. The molecule has 0 saturated carbocycles. The predicted molar refractivity (Wildman–Crippen MR) is 73.4 cm³/mol. The van der Waals surface area contributed by atoms with Gasteiger partial charge in [-0.15, -0.1) is 6.58 Å². The van der Waals surface area contributed by atoms with E-state index in [4.69, 9.17) is 1.37 Å². The highest BCUT2D eigenvalue weighted by molar-refractivity contribution is 6.11. The van der Waals surface area contributed by atoms with Gasteiger partial charge in [-0.05, 0) is 22.3 Å². The topological polar surface area (TPSA) is 0 Å². The van der Waals surface area contributed by atoms with Crippen LogP contribution in [-0.4, -0.2) is 0 Å². The fraction of sp³-hybridized carbons (Fsp3) is 0.0588. The van der Waals surface area contributed by atoms with E-state index in [-0.39, 0.29) is 0 Å². The molecule has 1 aliphatic carbocycles. The van der Waals surface area contributed by atoms with E-state index < -0.39 is 5.89 Å². The summed E-state index contributed by atoms with van der Waals surface area (Å²) in [4.78, 5) is 0. The van der Waals surface area contributed by atoms with Gasteiger partial charge in [-0.25, -0.2) is 0 Å². The van der Waals surface area contributed by atoms with Crippen molar-refractivity contribution in [1.82, 2.24) is 0 Å². The van der Waals surface area contributed by atoms with Gasteiger partial charge in [-0.3, -0.25) is 0 Å². The molecule has 0 aliphatic heterocycles. The predicted octanol–water partition coefficient (Wildman–Crippen LogP) is 4.41. The maximum Gasteiger partial charge on any atom is 0.0447 e. The van der Waals surface area contributed by atoms with Crippen LogP contribution in [0.5, 0.6) is 0 Å². The van der Waals surface area contributed by atoms with Crippen LogP contribution in [0.2, 0.25) is 0 Å². The third-order valence-corrected chi connectivity index (χ3v) is 3.06. The van der Waals surface area contributed by atoms with Gasteiger partial charge in [0.15, 0.2) is 0 Å². The Balaban J connectivity index is 2.11. The molecule has 0 nitrogen and oxygen atoms in total. The molecule has 0 heteroatoms. The molecule has 0 unspecified atom stereocenters. The zero-order chi connectivity index (χ0) is 12.6. The van der Waals surface area contributed by atoms with Crippen LogP contribution in [0.4, 0.5) is 0 Å². The summed E-state index contributed by atoms with van der Waals surface area (Å²) >= 11 is 0. The van der Waals surface area contributed by atoms with Crippen LogP contribution in [0.3, 0.4) is 0 Å². The Bertz CT molecular complexity index is 559. The monoisotopic (exact) mass is 219 g/mol. The lowest BCUT2D eigenvalue weighted by atomic mass is 10.1. The van der Waals surface area contributed by atoms with E-state index in [0.29, 0.717) is 0 Å². The first-order valence-corrected chi connectivity index (χ1v) is 5.77. The maximum atomic E-state index is 8.49. The van der Waals surface area contributed by atoms with Crippen LogP contribution in [0.25, 0.3) is 11.1 Å². The summed E-state index contributed by atoms with van der Waals surface area (Å²) in [7, 11) is 0. The molecule has 2 aromatic carbocycles. The van der Waals surface area contributed by atoms with Gasteiger partial charge < -0.3 is 0 Å².